The van der Waals surface area contributed by atoms with Crippen molar-refractivity contribution in [2.45, 2.75) is 77.2 Å². The van der Waals surface area contributed by atoms with E-state index in [2.05, 4.69) is 27.5 Å². The fourth-order valence-corrected chi connectivity index (χ4v) is 4.09. The first-order chi connectivity index (χ1) is 12.8. The largest absolute Gasteiger partial charge is 0.378 e. The Labute approximate surface area is 163 Å². The van der Waals surface area contributed by atoms with E-state index in [0.29, 0.717) is 6.10 Å². The minimum absolute atomic E-state index is 0.538. The summed E-state index contributed by atoms with van der Waals surface area (Å²) in [5, 5.41) is 7.96. The topological polar surface area (TPSA) is 58.5 Å². The Bertz CT molecular complexity index is 512. The predicted molar refractivity (Wildman–Crippen MR) is 111 cm³/mol. The van der Waals surface area contributed by atoms with Gasteiger partial charge in [-0.3, -0.25) is 4.99 Å². The quantitative estimate of drug-likeness (QED) is 0.347. The Balaban J connectivity index is 1.45. The summed E-state index contributed by atoms with van der Waals surface area (Å²) in [6, 6.07) is 0. The summed E-state index contributed by atoms with van der Waals surface area (Å²) >= 11 is 1.81. The first-order valence-corrected chi connectivity index (χ1v) is 11.1. The second kappa shape index (κ2) is 13.1. The SMILES string of the molecule is CCc1cnc(CCNC(=NC)NCCCCCOC2CCCCC2)s1. The fraction of sp³-hybridized carbons (Fsp3) is 0.800. The van der Waals surface area contributed by atoms with Gasteiger partial charge in [0, 0.05) is 44.2 Å². The number of aliphatic imine (C=N–C) groups is 1. The van der Waals surface area contributed by atoms with Gasteiger partial charge in [0.2, 0.25) is 0 Å². The molecule has 0 bridgehead atoms. The van der Waals surface area contributed by atoms with Crippen LogP contribution in [-0.2, 0) is 17.6 Å². The summed E-state index contributed by atoms with van der Waals surface area (Å²) in [6.07, 6.45) is 14.7. The van der Waals surface area contributed by atoms with Gasteiger partial charge >= 0.3 is 0 Å². The van der Waals surface area contributed by atoms with E-state index in [9.17, 15) is 0 Å². The Morgan fingerprint density at radius 1 is 1.19 bits per heavy atom. The molecule has 1 aliphatic rings. The van der Waals surface area contributed by atoms with Crippen LogP contribution in [0.15, 0.2) is 11.2 Å². The van der Waals surface area contributed by atoms with Crippen molar-refractivity contribution in [1.82, 2.24) is 15.6 Å². The van der Waals surface area contributed by atoms with Crippen molar-refractivity contribution in [2.24, 2.45) is 4.99 Å². The number of nitrogens with one attached hydrogen (secondary N) is 2. The number of nitrogens with zero attached hydrogens (tertiary/aromatic N) is 2. The second-order valence-electron chi connectivity index (χ2n) is 6.94. The summed E-state index contributed by atoms with van der Waals surface area (Å²) in [6.45, 7) is 4.92. The van der Waals surface area contributed by atoms with Gasteiger partial charge in [-0.2, -0.15) is 0 Å². The molecule has 0 aliphatic heterocycles. The highest BCUT2D eigenvalue weighted by Gasteiger charge is 2.12. The smallest absolute Gasteiger partial charge is 0.190 e. The molecule has 1 saturated carbocycles. The van der Waals surface area contributed by atoms with Crippen LogP contribution in [0, 0.1) is 0 Å². The van der Waals surface area contributed by atoms with E-state index in [-0.39, 0.29) is 0 Å². The van der Waals surface area contributed by atoms with Gasteiger partial charge in [-0.15, -0.1) is 11.3 Å². The molecule has 0 spiro atoms. The number of ether oxygens (including phenoxy) is 1. The Morgan fingerprint density at radius 3 is 2.73 bits per heavy atom. The third kappa shape index (κ3) is 8.49. The number of thiazole rings is 1. The van der Waals surface area contributed by atoms with E-state index in [0.717, 1.165) is 51.3 Å². The van der Waals surface area contributed by atoms with Crippen LogP contribution in [0.1, 0.15) is 68.2 Å². The average Bonchev–Trinajstić information content (AvgIpc) is 3.14. The summed E-state index contributed by atoms with van der Waals surface area (Å²) in [7, 11) is 1.83. The number of hydrogen-bond donors (Lipinski definition) is 2. The summed E-state index contributed by atoms with van der Waals surface area (Å²) in [5.41, 5.74) is 0. The maximum Gasteiger partial charge on any atom is 0.190 e. The molecule has 0 atom stereocenters. The normalized spacial score (nSPS) is 16.0. The van der Waals surface area contributed by atoms with Crippen molar-refractivity contribution in [3.63, 3.8) is 0 Å². The van der Waals surface area contributed by atoms with Crippen LogP contribution < -0.4 is 10.6 Å². The van der Waals surface area contributed by atoms with Crippen LogP contribution in [0.2, 0.25) is 0 Å². The number of aryl methyl sites for hydroxylation is 1. The molecule has 26 heavy (non-hydrogen) atoms. The monoisotopic (exact) mass is 380 g/mol. The van der Waals surface area contributed by atoms with Crippen molar-refractivity contribution < 1.29 is 4.74 Å². The lowest BCUT2D eigenvalue weighted by molar-refractivity contribution is 0.0264. The van der Waals surface area contributed by atoms with Crippen LogP contribution in [0.3, 0.4) is 0 Å². The maximum absolute atomic E-state index is 5.98. The number of rotatable bonds is 11. The zero-order valence-corrected chi connectivity index (χ0v) is 17.4. The van der Waals surface area contributed by atoms with E-state index in [1.807, 2.05) is 24.6 Å². The molecule has 0 saturated heterocycles. The van der Waals surface area contributed by atoms with E-state index in [1.165, 1.54) is 48.4 Å². The molecule has 1 aliphatic carbocycles. The molecule has 1 aromatic rings. The summed E-state index contributed by atoms with van der Waals surface area (Å²) < 4.78 is 5.98. The number of unbranched alkanes of at least 4 members (excludes halogenated alkanes) is 2. The molecule has 6 heteroatoms. The molecular weight excluding hydrogens is 344 g/mol. The molecule has 1 fully saturated rings. The van der Waals surface area contributed by atoms with Gasteiger partial charge in [-0.1, -0.05) is 26.2 Å². The van der Waals surface area contributed by atoms with Crippen LogP contribution in [-0.4, -0.2) is 43.8 Å². The Morgan fingerprint density at radius 2 is 2.00 bits per heavy atom. The molecule has 148 valence electrons. The Hall–Kier alpha value is -1.14. The molecule has 2 rings (SSSR count). The van der Waals surface area contributed by atoms with E-state index >= 15 is 0 Å². The van der Waals surface area contributed by atoms with E-state index in [1.54, 1.807) is 0 Å². The zero-order valence-electron chi connectivity index (χ0n) is 16.6. The van der Waals surface area contributed by atoms with Crippen LogP contribution >= 0.6 is 11.3 Å². The van der Waals surface area contributed by atoms with Crippen LogP contribution in [0.4, 0.5) is 0 Å². The molecule has 0 unspecified atom stereocenters. The van der Waals surface area contributed by atoms with E-state index < -0.39 is 0 Å². The molecular formula is C20H36N4OS. The third-order valence-corrected chi connectivity index (χ3v) is 6.03. The number of guanidine groups is 1. The fourth-order valence-electron chi connectivity index (χ4n) is 3.23. The van der Waals surface area contributed by atoms with Crippen molar-refractivity contribution in [3.8, 4) is 0 Å². The van der Waals surface area contributed by atoms with Crippen molar-refractivity contribution >= 4 is 17.3 Å². The summed E-state index contributed by atoms with van der Waals surface area (Å²) in [5.74, 6) is 0.885. The number of aromatic nitrogens is 1. The minimum atomic E-state index is 0.538. The van der Waals surface area contributed by atoms with Gasteiger partial charge in [-0.05, 0) is 38.5 Å². The highest BCUT2D eigenvalue weighted by molar-refractivity contribution is 7.11. The molecule has 0 aromatic carbocycles. The lowest BCUT2D eigenvalue weighted by Crippen LogP contribution is -2.38. The van der Waals surface area contributed by atoms with Gasteiger partial charge in [0.25, 0.3) is 0 Å². The first-order valence-electron chi connectivity index (χ1n) is 10.3. The molecule has 0 amide bonds. The van der Waals surface area contributed by atoms with Gasteiger partial charge in [0.15, 0.2) is 5.96 Å². The molecule has 1 aromatic heterocycles. The van der Waals surface area contributed by atoms with Crippen molar-refractivity contribution in [2.75, 3.05) is 26.7 Å². The lowest BCUT2D eigenvalue weighted by Gasteiger charge is -2.21. The van der Waals surface area contributed by atoms with Gasteiger partial charge in [0.05, 0.1) is 11.1 Å². The molecule has 2 N–H and O–H groups in total. The van der Waals surface area contributed by atoms with Crippen molar-refractivity contribution in [1.29, 1.82) is 0 Å². The average molecular weight is 381 g/mol. The predicted octanol–water partition coefficient (Wildman–Crippen LogP) is 3.93. The molecule has 5 nitrogen and oxygen atoms in total. The van der Waals surface area contributed by atoms with Crippen LogP contribution in [0.25, 0.3) is 0 Å². The second-order valence-corrected chi connectivity index (χ2v) is 8.14. The third-order valence-electron chi connectivity index (χ3n) is 4.82. The first kappa shape index (κ1) is 21.2. The summed E-state index contributed by atoms with van der Waals surface area (Å²) in [4.78, 5) is 10.1. The zero-order chi connectivity index (χ0) is 18.5. The lowest BCUT2D eigenvalue weighted by atomic mass is 9.98. The highest BCUT2D eigenvalue weighted by Crippen LogP contribution is 2.20. The molecule has 1 heterocycles. The van der Waals surface area contributed by atoms with Gasteiger partial charge < -0.3 is 15.4 Å². The minimum Gasteiger partial charge on any atom is -0.378 e. The Kier molecular flexibility index (Phi) is 10.7. The van der Waals surface area contributed by atoms with Crippen molar-refractivity contribution in [3.05, 3.63) is 16.1 Å². The van der Waals surface area contributed by atoms with E-state index in [4.69, 9.17) is 4.74 Å². The maximum atomic E-state index is 5.98. The number of hydrogen-bond acceptors (Lipinski definition) is 4. The van der Waals surface area contributed by atoms with Gasteiger partial charge in [-0.25, -0.2) is 4.98 Å². The standard InChI is InChI=1S/C20H36N4OS/c1-3-18-16-24-19(26-18)12-14-23-20(21-2)22-13-8-5-9-15-25-17-10-6-4-7-11-17/h16-17H,3-15H2,1-2H3,(H2,21,22,23). The van der Waals surface area contributed by atoms with Gasteiger partial charge in [0.1, 0.15) is 0 Å². The highest BCUT2D eigenvalue weighted by atomic mass is 32.1. The molecule has 0 radical (unpaired) electrons. The van der Waals surface area contributed by atoms with Crippen LogP contribution in [0.5, 0.6) is 0 Å².